The van der Waals surface area contributed by atoms with Crippen LogP contribution in [-0.4, -0.2) is 10.9 Å². The Morgan fingerprint density at radius 2 is 2.35 bits per heavy atom. The van der Waals surface area contributed by atoms with Gasteiger partial charge in [-0.2, -0.15) is 0 Å². The van der Waals surface area contributed by atoms with E-state index in [4.69, 9.17) is 5.73 Å². The molecular formula is C12H18FN3O. The number of halogens is 1. The summed E-state index contributed by atoms with van der Waals surface area (Å²) < 4.78 is 13.0. The Bertz CT molecular complexity index is 395. The van der Waals surface area contributed by atoms with Crippen LogP contribution in [-0.2, 0) is 11.3 Å². The van der Waals surface area contributed by atoms with Gasteiger partial charge in [-0.05, 0) is 5.92 Å². The monoisotopic (exact) mass is 239 g/mol. The predicted molar refractivity (Wildman–Crippen MR) is 64.8 cm³/mol. The molecule has 1 atom stereocenters. The molecule has 0 aromatic carbocycles. The molecule has 1 rings (SSSR count). The number of carbonyl (C=O) groups excluding carboxylic acids is 1. The molecule has 5 heteroatoms. The molecule has 94 valence electrons. The van der Waals surface area contributed by atoms with Gasteiger partial charge in [0.1, 0.15) is 5.82 Å². The summed E-state index contributed by atoms with van der Waals surface area (Å²) in [4.78, 5) is 15.5. The van der Waals surface area contributed by atoms with Crippen molar-refractivity contribution in [2.24, 2.45) is 11.7 Å². The first-order valence-electron chi connectivity index (χ1n) is 5.71. The minimum Gasteiger partial charge on any atom is -0.325 e. The molecule has 0 bridgehead atoms. The lowest BCUT2D eigenvalue weighted by Gasteiger charge is -2.11. The third-order valence-electron chi connectivity index (χ3n) is 2.64. The fourth-order valence-corrected chi connectivity index (χ4v) is 1.40. The van der Waals surface area contributed by atoms with Crippen LogP contribution in [0.1, 0.15) is 32.4 Å². The van der Waals surface area contributed by atoms with E-state index in [-0.39, 0.29) is 12.5 Å². The number of pyridine rings is 1. The highest BCUT2D eigenvalue weighted by Crippen LogP contribution is 2.15. The predicted octanol–water partition coefficient (Wildman–Crippen LogP) is 2.05. The molecule has 0 saturated heterocycles. The summed E-state index contributed by atoms with van der Waals surface area (Å²) in [5.74, 6) is -0.319. The molecule has 0 aliphatic heterocycles. The van der Waals surface area contributed by atoms with Gasteiger partial charge in [0, 0.05) is 19.0 Å². The van der Waals surface area contributed by atoms with Gasteiger partial charge in [-0.3, -0.25) is 9.78 Å². The van der Waals surface area contributed by atoms with E-state index in [1.807, 2.05) is 13.8 Å². The first-order valence-corrected chi connectivity index (χ1v) is 5.71. The van der Waals surface area contributed by atoms with Crippen LogP contribution in [0.4, 0.5) is 10.1 Å². The van der Waals surface area contributed by atoms with Crippen molar-refractivity contribution < 1.29 is 9.18 Å². The second-order valence-corrected chi connectivity index (χ2v) is 4.12. The second-order valence-electron chi connectivity index (χ2n) is 4.12. The summed E-state index contributed by atoms with van der Waals surface area (Å²) in [6.45, 7) is 4.18. The fourth-order valence-electron chi connectivity index (χ4n) is 1.40. The number of nitrogens with two attached hydrogens (primary N) is 1. The quantitative estimate of drug-likeness (QED) is 0.826. The third kappa shape index (κ3) is 4.11. The number of hydrogen-bond donors (Lipinski definition) is 2. The van der Waals surface area contributed by atoms with E-state index in [0.29, 0.717) is 23.7 Å². The van der Waals surface area contributed by atoms with Crippen LogP contribution in [0.3, 0.4) is 0 Å². The Labute approximate surface area is 100 Å². The molecule has 0 unspecified atom stereocenters. The van der Waals surface area contributed by atoms with Crippen molar-refractivity contribution in [3.8, 4) is 0 Å². The van der Waals surface area contributed by atoms with Crippen LogP contribution in [0, 0.1) is 11.7 Å². The van der Waals surface area contributed by atoms with Gasteiger partial charge in [0.15, 0.2) is 0 Å². The Hall–Kier alpha value is -1.49. The van der Waals surface area contributed by atoms with Gasteiger partial charge in [-0.25, -0.2) is 4.39 Å². The number of amides is 1. The molecule has 0 radical (unpaired) electrons. The lowest BCUT2D eigenvalue weighted by Crippen LogP contribution is -2.17. The van der Waals surface area contributed by atoms with E-state index in [0.717, 1.165) is 12.6 Å². The number of carbonyl (C=O) groups is 1. The highest BCUT2D eigenvalue weighted by atomic mass is 19.1. The van der Waals surface area contributed by atoms with Crippen LogP contribution in [0.5, 0.6) is 0 Å². The summed E-state index contributed by atoms with van der Waals surface area (Å²) in [5, 5.41) is 2.65. The molecule has 3 N–H and O–H groups in total. The van der Waals surface area contributed by atoms with Gasteiger partial charge >= 0.3 is 0 Å². The van der Waals surface area contributed by atoms with Crippen LogP contribution in [0.15, 0.2) is 12.3 Å². The van der Waals surface area contributed by atoms with E-state index < -0.39 is 5.82 Å². The highest BCUT2D eigenvalue weighted by molar-refractivity contribution is 5.91. The van der Waals surface area contributed by atoms with Crippen molar-refractivity contribution >= 4 is 11.6 Å². The average molecular weight is 239 g/mol. The first kappa shape index (κ1) is 13.6. The summed E-state index contributed by atoms with van der Waals surface area (Å²) in [7, 11) is 0. The smallest absolute Gasteiger partial charge is 0.224 e. The van der Waals surface area contributed by atoms with Gasteiger partial charge in [-0.15, -0.1) is 0 Å². The number of rotatable bonds is 5. The van der Waals surface area contributed by atoms with Gasteiger partial charge < -0.3 is 11.1 Å². The van der Waals surface area contributed by atoms with Crippen molar-refractivity contribution in [3.05, 3.63) is 23.8 Å². The van der Waals surface area contributed by atoms with Crippen LogP contribution >= 0.6 is 0 Å². The molecule has 1 aromatic heterocycles. The largest absolute Gasteiger partial charge is 0.325 e. The minimum atomic E-state index is -0.485. The van der Waals surface area contributed by atoms with E-state index in [1.54, 1.807) is 0 Å². The Balaban J connectivity index is 2.73. The van der Waals surface area contributed by atoms with Crippen molar-refractivity contribution in [1.82, 2.24) is 4.98 Å². The zero-order valence-electron chi connectivity index (χ0n) is 10.2. The number of aromatic nitrogens is 1. The van der Waals surface area contributed by atoms with Crippen molar-refractivity contribution in [2.75, 3.05) is 5.32 Å². The van der Waals surface area contributed by atoms with Crippen molar-refractivity contribution in [2.45, 2.75) is 33.2 Å². The van der Waals surface area contributed by atoms with E-state index in [9.17, 15) is 9.18 Å². The van der Waals surface area contributed by atoms with E-state index in [1.165, 1.54) is 6.07 Å². The molecular weight excluding hydrogens is 221 g/mol. The molecule has 0 aliphatic carbocycles. The van der Waals surface area contributed by atoms with Crippen LogP contribution in [0.2, 0.25) is 0 Å². The molecule has 0 spiro atoms. The maximum atomic E-state index is 13.0. The zero-order chi connectivity index (χ0) is 12.8. The number of anilines is 1. The molecule has 0 aliphatic rings. The van der Waals surface area contributed by atoms with Gasteiger partial charge in [0.25, 0.3) is 0 Å². The standard InChI is InChI=1S/C12H18FN3O/c1-3-8(2)4-12(17)16-10-5-9(13)7-15-11(10)6-14/h5,7-8H,3-4,6,14H2,1-2H3,(H,16,17)/t8-/m0/s1. The van der Waals surface area contributed by atoms with E-state index >= 15 is 0 Å². The second kappa shape index (κ2) is 6.30. The Kier molecular flexibility index (Phi) is 5.03. The maximum absolute atomic E-state index is 13.0. The minimum absolute atomic E-state index is 0.138. The Morgan fingerprint density at radius 1 is 1.65 bits per heavy atom. The lowest BCUT2D eigenvalue weighted by atomic mass is 10.0. The lowest BCUT2D eigenvalue weighted by molar-refractivity contribution is -0.117. The van der Waals surface area contributed by atoms with Gasteiger partial charge in [-0.1, -0.05) is 20.3 Å². The van der Waals surface area contributed by atoms with Gasteiger partial charge in [0.2, 0.25) is 5.91 Å². The van der Waals surface area contributed by atoms with Crippen LogP contribution < -0.4 is 11.1 Å². The highest BCUT2D eigenvalue weighted by Gasteiger charge is 2.11. The molecule has 1 aromatic rings. The van der Waals surface area contributed by atoms with Crippen molar-refractivity contribution in [1.29, 1.82) is 0 Å². The molecule has 4 nitrogen and oxygen atoms in total. The van der Waals surface area contributed by atoms with E-state index in [2.05, 4.69) is 10.3 Å². The summed E-state index contributed by atoms with van der Waals surface area (Å²) >= 11 is 0. The van der Waals surface area contributed by atoms with Crippen molar-refractivity contribution in [3.63, 3.8) is 0 Å². The summed E-state index contributed by atoms with van der Waals surface area (Å²) in [6.07, 6.45) is 2.43. The van der Waals surface area contributed by atoms with Gasteiger partial charge in [0.05, 0.1) is 17.6 Å². The molecule has 1 heterocycles. The molecule has 17 heavy (non-hydrogen) atoms. The summed E-state index contributed by atoms with van der Waals surface area (Å²) in [5.41, 5.74) is 6.32. The Morgan fingerprint density at radius 3 is 2.94 bits per heavy atom. The first-order chi connectivity index (χ1) is 8.06. The third-order valence-corrected chi connectivity index (χ3v) is 2.64. The number of nitrogens with zero attached hydrogens (tertiary/aromatic N) is 1. The fraction of sp³-hybridized carbons (Fsp3) is 0.500. The summed E-state index contributed by atoms with van der Waals surface area (Å²) in [6, 6.07) is 1.24. The topological polar surface area (TPSA) is 68.0 Å². The molecule has 1 amide bonds. The molecule has 0 saturated carbocycles. The zero-order valence-corrected chi connectivity index (χ0v) is 10.2. The SMILES string of the molecule is CC[C@H](C)CC(=O)Nc1cc(F)cnc1CN. The maximum Gasteiger partial charge on any atom is 0.224 e. The molecule has 0 fully saturated rings. The normalized spacial score (nSPS) is 12.2. The number of hydrogen-bond acceptors (Lipinski definition) is 3. The van der Waals surface area contributed by atoms with Crippen LogP contribution in [0.25, 0.3) is 0 Å². The average Bonchev–Trinajstić information content (AvgIpc) is 2.29. The number of nitrogens with one attached hydrogen (secondary N) is 1.